The van der Waals surface area contributed by atoms with Gasteiger partial charge in [-0.15, -0.1) is 4.19 Å². The molecule has 1 atom stereocenters. The Morgan fingerprint density at radius 2 is 1.87 bits per heavy atom. The second-order valence-corrected chi connectivity index (χ2v) is 5.83. The van der Waals surface area contributed by atoms with Crippen molar-refractivity contribution in [1.82, 2.24) is 4.19 Å². The molecule has 0 aromatic carbocycles. The summed E-state index contributed by atoms with van der Waals surface area (Å²) >= 11 is 5.82. The van der Waals surface area contributed by atoms with Crippen LogP contribution in [0.15, 0.2) is 0 Å². The summed E-state index contributed by atoms with van der Waals surface area (Å²) in [7, 11) is -2.44. The first kappa shape index (κ1) is 15.1. The molecule has 0 radical (unpaired) electrons. The Labute approximate surface area is 97.5 Å². The summed E-state index contributed by atoms with van der Waals surface area (Å²) in [6.45, 7) is 7.63. The van der Waals surface area contributed by atoms with Crippen molar-refractivity contribution in [3.05, 3.63) is 0 Å². The van der Waals surface area contributed by atoms with Gasteiger partial charge in [-0.05, 0) is 30.0 Å². The fourth-order valence-corrected chi connectivity index (χ4v) is 2.50. The lowest BCUT2D eigenvalue weighted by atomic mass is 9.82. The van der Waals surface area contributed by atoms with Gasteiger partial charge in [-0.1, -0.05) is 27.7 Å². The molecule has 0 spiro atoms. The van der Waals surface area contributed by atoms with Gasteiger partial charge in [-0.2, -0.15) is 5.26 Å². The molecule has 4 nitrogen and oxygen atoms in total. The second kappa shape index (κ2) is 5.98. The number of hydrogen-bond acceptors (Lipinski definition) is 4. The van der Waals surface area contributed by atoms with Gasteiger partial charge >= 0.3 is 0 Å². The quantitative estimate of drug-likeness (QED) is 0.583. The van der Waals surface area contributed by atoms with Gasteiger partial charge in [-0.25, -0.2) is 0 Å². The third-order valence-corrected chi connectivity index (χ3v) is 3.73. The molecule has 0 rings (SSSR count). The third-order valence-electron chi connectivity index (χ3n) is 2.35. The van der Waals surface area contributed by atoms with Crippen LogP contribution in [0.4, 0.5) is 0 Å². The zero-order chi connectivity index (χ0) is 12.2. The van der Waals surface area contributed by atoms with Gasteiger partial charge in [0, 0.05) is 0 Å². The normalized spacial score (nSPS) is 16.1. The Morgan fingerprint density at radius 3 is 2.07 bits per heavy atom. The van der Waals surface area contributed by atoms with Crippen molar-refractivity contribution >= 4 is 20.3 Å². The molecule has 88 valence electrons. The van der Waals surface area contributed by atoms with Crippen LogP contribution in [0.3, 0.4) is 0 Å². The molecule has 0 aromatic rings. The Hall–Kier alpha value is 0.0900. The molecular weight excluding hydrogens is 235 g/mol. The highest BCUT2D eigenvalue weighted by atomic mass is 35.5. The zero-order valence-corrected chi connectivity index (χ0v) is 11.1. The SMILES string of the molecule is CC(C)CC(C#N)(C(C)C)N(Cl)P(O)O. The molecule has 0 aromatic heterocycles. The summed E-state index contributed by atoms with van der Waals surface area (Å²) in [6, 6.07) is 2.12. The molecule has 6 heteroatoms. The van der Waals surface area contributed by atoms with Gasteiger partial charge in [0.15, 0.2) is 0 Å². The molecule has 2 N–H and O–H groups in total. The van der Waals surface area contributed by atoms with Crippen LogP contribution in [0.5, 0.6) is 0 Å². The average molecular weight is 253 g/mol. The maximum Gasteiger partial charge on any atom is 0.269 e. The van der Waals surface area contributed by atoms with Gasteiger partial charge in [0.2, 0.25) is 0 Å². The molecule has 1 unspecified atom stereocenters. The van der Waals surface area contributed by atoms with E-state index in [4.69, 9.17) is 21.6 Å². The van der Waals surface area contributed by atoms with Crippen LogP contribution in [-0.2, 0) is 0 Å². The highest BCUT2D eigenvalue weighted by Crippen LogP contribution is 2.45. The molecule has 0 aliphatic rings. The van der Waals surface area contributed by atoms with E-state index in [1.165, 1.54) is 0 Å². The molecular formula is C9H18ClN2O2P. The van der Waals surface area contributed by atoms with Gasteiger partial charge in [-0.3, -0.25) is 0 Å². The van der Waals surface area contributed by atoms with Crippen molar-refractivity contribution in [2.75, 3.05) is 0 Å². The van der Waals surface area contributed by atoms with E-state index in [9.17, 15) is 5.26 Å². The molecule has 0 saturated carbocycles. The molecule has 0 heterocycles. The Bertz CT molecular complexity index is 243. The minimum atomic E-state index is -2.44. The summed E-state index contributed by atoms with van der Waals surface area (Å²) in [5.74, 6) is 0.176. The molecule has 0 aliphatic carbocycles. The molecule has 0 amide bonds. The van der Waals surface area contributed by atoms with E-state index in [1.54, 1.807) is 0 Å². The number of nitrogens with zero attached hydrogens (tertiary/aromatic N) is 2. The summed E-state index contributed by atoms with van der Waals surface area (Å²) in [4.78, 5) is 18.2. The van der Waals surface area contributed by atoms with E-state index in [-0.39, 0.29) is 11.8 Å². The predicted octanol–water partition coefficient (Wildman–Crippen LogP) is 2.62. The first-order valence-electron chi connectivity index (χ1n) is 4.83. The minimum Gasteiger partial charge on any atom is -0.337 e. The van der Waals surface area contributed by atoms with Crippen molar-refractivity contribution in [2.45, 2.75) is 39.7 Å². The molecule has 0 fully saturated rings. The van der Waals surface area contributed by atoms with E-state index in [0.29, 0.717) is 6.42 Å². The first-order valence-corrected chi connectivity index (χ1v) is 6.36. The van der Waals surface area contributed by atoms with E-state index in [1.807, 2.05) is 27.7 Å². The number of rotatable bonds is 5. The van der Waals surface area contributed by atoms with Gasteiger partial charge in [0.25, 0.3) is 8.53 Å². The van der Waals surface area contributed by atoms with Crippen molar-refractivity contribution in [1.29, 1.82) is 5.26 Å². The fourth-order valence-electron chi connectivity index (χ4n) is 1.52. The monoisotopic (exact) mass is 252 g/mol. The van der Waals surface area contributed by atoms with Gasteiger partial charge in [0.05, 0.1) is 6.07 Å². The third kappa shape index (κ3) is 3.55. The Kier molecular flexibility index (Phi) is 6.02. The zero-order valence-electron chi connectivity index (χ0n) is 9.48. The maximum atomic E-state index is 9.23. The van der Waals surface area contributed by atoms with Crippen molar-refractivity contribution in [3.8, 4) is 6.07 Å². The van der Waals surface area contributed by atoms with Gasteiger partial charge < -0.3 is 9.79 Å². The highest BCUT2D eigenvalue weighted by molar-refractivity contribution is 7.44. The first-order chi connectivity index (χ1) is 6.77. The molecule has 0 aliphatic heterocycles. The standard InChI is InChI=1S/C9H18ClN2O2P/c1-7(2)5-9(6-11,8(3)4)12(10)15(13)14/h7-8,13-14H,5H2,1-4H3. The molecule has 0 bridgehead atoms. The van der Waals surface area contributed by atoms with Crippen molar-refractivity contribution in [2.24, 2.45) is 11.8 Å². The Morgan fingerprint density at radius 1 is 1.40 bits per heavy atom. The topological polar surface area (TPSA) is 67.5 Å². The van der Waals surface area contributed by atoms with Crippen LogP contribution in [0.2, 0.25) is 0 Å². The number of hydrogen-bond donors (Lipinski definition) is 2. The lowest BCUT2D eigenvalue weighted by Gasteiger charge is -2.38. The van der Waals surface area contributed by atoms with Crippen LogP contribution in [0.1, 0.15) is 34.1 Å². The molecule has 15 heavy (non-hydrogen) atoms. The fraction of sp³-hybridized carbons (Fsp3) is 0.889. The summed E-state index contributed by atoms with van der Waals surface area (Å²) in [5, 5.41) is 9.23. The van der Waals surface area contributed by atoms with Crippen LogP contribution in [0.25, 0.3) is 0 Å². The van der Waals surface area contributed by atoms with Crippen LogP contribution >= 0.6 is 20.3 Å². The molecule has 0 saturated heterocycles. The highest BCUT2D eigenvalue weighted by Gasteiger charge is 2.43. The second-order valence-electron chi connectivity index (χ2n) is 4.32. The van der Waals surface area contributed by atoms with E-state index in [2.05, 4.69) is 6.07 Å². The Balaban J connectivity index is 5.08. The predicted molar refractivity (Wildman–Crippen MR) is 61.7 cm³/mol. The summed E-state index contributed by atoms with van der Waals surface area (Å²) in [6.07, 6.45) is 0.505. The largest absolute Gasteiger partial charge is 0.337 e. The summed E-state index contributed by atoms with van der Waals surface area (Å²) < 4.78 is 0.868. The maximum absolute atomic E-state index is 9.23. The van der Waals surface area contributed by atoms with E-state index < -0.39 is 14.1 Å². The van der Waals surface area contributed by atoms with Crippen LogP contribution in [-0.4, -0.2) is 19.5 Å². The van der Waals surface area contributed by atoms with E-state index >= 15 is 0 Å². The van der Waals surface area contributed by atoms with E-state index in [0.717, 1.165) is 4.19 Å². The van der Waals surface area contributed by atoms with Crippen LogP contribution < -0.4 is 0 Å². The van der Waals surface area contributed by atoms with Crippen molar-refractivity contribution in [3.63, 3.8) is 0 Å². The average Bonchev–Trinajstić information content (AvgIpc) is 2.12. The lowest BCUT2D eigenvalue weighted by Crippen LogP contribution is -2.45. The summed E-state index contributed by atoms with van der Waals surface area (Å²) in [5.41, 5.74) is -1.02. The minimum absolute atomic E-state index is 0.0771. The van der Waals surface area contributed by atoms with Crippen LogP contribution in [0, 0.1) is 23.2 Å². The smallest absolute Gasteiger partial charge is 0.269 e. The number of nitriles is 1. The number of halogens is 1. The van der Waals surface area contributed by atoms with Crippen molar-refractivity contribution < 1.29 is 9.79 Å². The lowest BCUT2D eigenvalue weighted by molar-refractivity contribution is 0.208. The van der Waals surface area contributed by atoms with Gasteiger partial charge in [0.1, 0.15) is 5.54 Å².